The van der Waals surface area contributed by atoms with E-state index in [0.717, 1.165) is 4.90 Å². The second-order valence-electron chi connectivity index (χ2n) is 6.50. The molecular weight excluding hydrogens is 550 g/mol. The zero-order chi connectivity index (χ0) is 23.4. The van der Waals surface area contributed by atoms with E-state index in [1.165, 1.54) is 19.3 Å². The molecule has 1 heterocycles. The van der Waals surface area contributed by atoms with Gasteiger partial charge in [-0.3, -0.25) is 9.59 Å². The highest BCUT2D eigenvalue weighted by Gasteiger charge is 2.35. The second-order valence-corrected chi connectivity index (χ2v) is 8.09. The van der Waals surface area contributed by atoms with Crippen LogP contribution in [0.15, 0.2) is 45.0 Å². The maximum atomic E-state index is 12.8. The fraction of sp³-hybridized carbons (Fsp3) is 0.190. The average Bonchev–Trinajstić information content (AvgIpc) is 3.03. The number of phenolic OH excluding ortho intramolecular Hbond substituents is 1. The molecule has 3 N–H and O–H groups in total. The fourth-order valence-electron chi connectivity index (χ4n) is 2.93. The highest BCUT2D eigenvalue weighted by Crippen LogP contribution is 2.42. The fourth-order valence-corrected chi connectivity index (χ4v) is 3.78. The maximum absolute atomic E-state index is 12.8. The lowest BCUT2D eigenvalue weighted by Crippen LogP contribution is -2.38. The van der Waals surface area contributed by atoms with E-state index in [9.17, 15) is 19.5 Å². The highest BCUT2D eigenvalue weighted by molar-refractivity contribution is 9.13. The van der Waals surface area contributed by atoms with E-state index in [2.05, 4.69) is 42.5 Å². The van der Waals surface area contributed by atoms with Crippen molar-refractivity contribution in [3.05, 3.63) is 50.5 Å². The van der Waals surface area contributed by atoms with Crippen LogP contribution in [-0.4, -0.2) is 48.1 Å². The van der Waals surface area contributed by atoms with E-state index in [-0.39, 0.29) is 17.2 Å². The zero-order valence-corrected chi connectivity index (χ0v) is 20.2. The highest BCUT2D eigenvalue weighted by atomic mass is 79.9. The molecule has 168 valence electrons. The Morgan fingerprint density at radius 3 is 2.62 bits per heavy atom. The maximum Gasteiger partial charge on any atom is 0.329 e. The second kappa shape index (κ2) is 10.0. The summed E-state index contributed by atoms with van der Waals surface area (Å²) >= 11 is 6.61. The molecule has 0 spiro atoms. The van der Waals surface area contributed by atoms with Crippen molar-refractivity contribution in [2.75, 3.05) is 25.6 Å². The van der Waals surface area contributed by atoms with Crippen molar-refractivity contribution in [3.8, 4) is 17.2 Å². The van der Waals surface area contributed by atoms with Crippen LogP contribution in [0.25, 0.3) is 6.08 Å². The van der Waals surface area contributed by atoms with Gasteiger partial charge in [0.05, 0.1) is 23.9 Å². The van der Waals surface area contributed by atoms with Crippen LogP contribution in [-0.2, 0) is 9.59 Å². The minimum absolute atomic E-state index is 0.0270. The normalized spacial score (nSPS) is 14.5. The lowest BCUT2D eigenvalue weighted by atomic mass is 10.1. The van der Waals surface area contributed by atoms with Gasteiger partial charge in [0.15, 0.2) is 11.5 Å². The first-order chi connectivity index (χ1) is 15.3. The number of para-hydroxylation sites is 2. The monoisotopic (exact) mass is 567 g/mol. The average molecular weight is 569 g/mol. The van der Waals surface area contributed by atoms with Crippen LogP contribution in [0.3, 0.4) is 0 Å². The lowest BCUT2D eigenvalue weighted by Gasteiger charge is -2.13. The summed E-state index contributed by atoms with van der Waals surface area (Å²) in [7, 11) is 1.47. The molecule has 9 nitrogen and oxygen atoms in total. The predicted octanol–water partition coefficient (Wildman–Crippen LogP) is 3.86. The summed E-state index contributed by atoms with van der Waals surface area (Å²) in [5.41, 5.74) is 0.868. The van der Waals surface area contributed by atoms with Crippen molar-refractivity contribution < 1.29 is 29.0 Å². The third-order valence-corrected chi connectivity index (χ3v) is 6.58. The molecule has 0 aromatic heterocycles. The lowest BCUT2D eigenvalue weighted by molar-refractivity contribution is -0.127. The molecule has 0 unspecified atom stereocenters. The molecule has 1 aliphatic heterocycles. The third kappa shape index (κ3) is 4.89. The number of carbonyl (C=O) groups excluding carboxylic acids is 3. The SMILES string of the molecule is CCOc1cc(/C=C2/NC(=O)N(CC(=O)Nc3ccccc3OC)C2=O)c(Br)c(Br)c1O. The molecule has 0 radical (unpaired) electrons. The predicted molar refractivity (Wildman–Crippen MR) is 125 cm³/mol. The number of carbonyl (C=O) groups is 3. The van der Waals surface area contributed by atoms with Gasteiger partial charge in [-0.15, -0.1) is 0 Å². The molecule has 3 rings (SSSR count). The number of ether oxygens (including phenoxy) is 2. The van der Waals surface area contributed by atoms with E-state index in [4.69, 9.17) is 9.47 Å². The van der Waals surface area contributed by atoms with Gasteiger partial charge in [-0.2, -0.15) is 0 Å². The number of nitrogens with zero attached hydrogens (tertiary/aromatic N) is 1. The van der Waals surface area contributed by atoms with E-state index in [1.807, 2.05) is 0 Å². The van der Waals surface area contributed by atoms with Crippen LogP contribution in [0, 0.1) is 0 Å². The Morgan fingerprint density at radius 2 is 1.94 bits per heavy atom. The quantitative estimate of drug-likeness (QED) is 0.345. The molecule has 11 heteroatoms. The molecule has 32 heavy (non-hydrogen) atoms. The van der Waals surface area contributed by atoms with Gasteiger partial charge in [0, 0.05) is 4.47 Å². The number of hydrogen-bond acceptors (Lipinski definition) is 6. The van der Waals surface area contributed by atoms with Crippen molar-refractivity contribution in [2.24, 2.45) is 0 Å². The first-order valence-electron chi connectivity index (χ1n) is 9.38. The number of benzene rings is 2. The first-order valence-corrected chi connectivity index (χ1v) is 11.0. The Bertz CT molecular complexity index is 1120. The summed E-state index contributed by atoms with van der Waals surface area (Å²) in [5, 5.41) is 15.3. The summed E-state index contributed by atoms with van der Waals surface area (Å²) in [5.74, 6) is -0.672. The van der Waals surface area contributed by atoms with Gasteiger partial charge in [0.1, 0.15) is 18.0 Å². The van der Waals surface area contributed by atoms with Gasteiger partial charge in [-0.1, -0.05) is 12.1 Å². The Labute approximate surface area is 200 Å². The van der Waals surface area contributed by atoms with E-state index < -0.39 is 24.4 Å². The van der Waals surface area contributed by atoms with Crippen LogP contribution in [0.2, 0.25) is 0 Å². The third-order valence-electron chi connectivity index (χ3n) is 4.42. The Morgan fingerprint density at radius 1 is 1.22 bits per heavy atom. The Kier molecular flexibility index (Phi) is 7.41. The van der Waals surface area contributed by atoms with E-state index in [0.29, 0.717) is 32.6 Å². The molecule has 1 aliphatic rings. The number of phenols is 1. The number of methoxy groups -OCH3 is 1. The standard InChI is InChI=1S/C21H19Br2N3O6/c1-3-32-15-9-11(17(22)18(23)19(15)28)8-13-20(29)26(21(30)25-13)10-16(27)24-12-6-4-5-7-14(12)31-2/h4-9,28H,3,10H2,1-2H3,(H,24,27)(H,25,30)/b13-8+. The molecule has 2 aromatic rings. The molecular formula is C21H19Br2N3O6. The number of imide groups is 1. The number of aromatic hydroxyl groups is 1. The smallest absolute Gasteiger partial charge is 0.329 e. The molecule has 1 saturated heterocycles. The summed E-state index contributed by atoms with van der Waals surface area (Å²) < 4.78 is 11.4. The van der Waals surface area contributed by atoms with Crippen molar-refractivity contribution in [1.29, 1.82) is 0 Å². The Balaban J connectivity index is 1.80. The number of halogens is 2. The van der Waals surface area contributed by atoms with Crippen molar-refractivity contribution in [1.82, 2.24) is 10.2 Å². The van der Waals surface area contributed by atoms with Crippen LogP contribution in [0.5, 0.6) is 17.2 Å². The largest absolute Gasteiger partial charge is 0.503 e. The van der Waals surface area contributed by atoms with Gasteiger partial charge < -0.3 is 25.2 Å². The van der Waals surface area contributed by atoms with Gasteiger partial charge in [0.25, 0.3) is 5.91 Å². The van der Waals surface area contributed by atoms with Crippen LogP contribution >= 0.6 is 31.9 Å². The minimum atomic E-state index is -0.726. The summed E-state index contributed by atoms with van der Waals surface area (Å²) in [4.78, 5) is 38.3. The Hall–Kier alpha value is -3.05. The van der Waals surface area contributed by atoms with Crippen molar-refractivity contribution in [3.63, 3.8) is 0 Å². The summed E-state index contributed by atoms with van der Waals surface area (Å²) in [6.45, 7) is 1.61. The van der Waals surface area contributed by atoms with Crippen molar-refractivity contribution >= 4 is 61.5 Å². The van der Waals surface area contributed by atoms with Gasteiger partial charge >= 0.3 is 6.03 Å². The topological polar surface area (TPSA) is 117 Å². The number of urea groups is 1. The van der Waals surface area contributed by atoms with Gasteiger partial charge in [-0.25, -0.2) is 9.69 Å². The summed E-state index contributed by atoms with van der Waals surface area (Å²) in [6, 6.07) is 7.59. The van der Waals surface area contributed by atoms with Crippen molar-refractivity contribution in [2.45, 2.75) is 6.92 Å². The minimum Gasteiger partial charge on any atom is -0.503 e. The molecule has 0 bridgehead atoms. The van der Waals surface area contributed by atoms with Crippen LogP contribution < -0.4 is 20.1 Å². The van der Waals surface area contributed by atoms with Crippen LogP contribution in [0.4, 0.5) is 10.5 Å². The number of hydrogen-bond donors (Lipinski definition) is 3. The van der Waals surface area contributed by atoms with Gasteiger partial charge in [-0.05, 0) is 68.6 Å². The molecule has 0 atom stereocenters. The van der Waals surface area contributed by atoms with Gasteiger partial charge in [0.2, 0.25) is 5.91 Å². The van der Waals surface area contributed by atoms with E-state index >= 15 is 0 Å². The number of anilines is 1. The molecule has 1 fully saturated rings. The molecule has 4 amide bonds. The molecule has 2 aromatic carbocycles. The number of nitrogens with one attached hydrogen (secondary N) is 2. The summed E-state index contributed by atoms with van der Waals surface area (Å²) in [6.07, 6.45) is 1.43. The first kappa shape index (κ1) is 23.6. The number of rotatable bonds is 7. The van der Waals surface area contributed by atoms with E-state index in [1.54, 1.807) is 31.2 Å². The molecule has 0 saturated carbocycles. The molecule has 0 aliphatic carbocycles. The van der Waals surface area contributed by atoms with Crippen LogP contribution in [0.1, 0.15) is 12.5 Å². The zero-order valence-electron chi connectivity index (χ0n) is 17.1. The number of amides is 4.